The summed E-state index contributed by atoms with van der Waals surface area (Å²) in [6.45, 7) is 8.87. The van der Waals surface area contributed by atoms with Gasteiger partial charge in [0, 0.05) is 22.4 Å². The molecule has 1 radical (unpaired) electrons. The van der Waals surface area contributed by atoms with Gasteiger partial charge in [0.1, 0.15) is 5.57 Å². The van der Waals surface area contributed by atoms with E-state index in [0.29, 0.717) is 5.56 Å². The molecule has 0 aliphatic rings. The largest absolute Gasteiger partial charge is 0.502 e. The minimum atomic E-state index is -0.724. The summed E-state index contributed by atoms with van der Waals surface area (Å²) in [5.41, 5.74) is 0.243. The van der Waals surface area contributed by atoms with E-state index in [2.05, 4.69) is 27.7 Å². The minimum Gasteiger partial charge on any atom is -0.502 e. The quantitative estimate of drug-likeness (QED) is 0.0675. The summed E-state index contributed by atoms with van der Waals surface area (Å²) in [6.07, 6.45) is 9.37. The molecule has 0 aliphatic carbocycles. The number of methoxy groups -OCH3 is 2. The van der Waals surface area contributed by atoms with E-state index in [1.54, 1.807) is 0 Å². The molecular formula is C28H44AuO7. The summed E-state index contributed by atoms with van der Waals surface area (Å²) in [4.78, 5) is 26.1. The Morgan fingerprint density at radius 2 is 1.25 bits per heavy atom. The van der Waals surface area contributed by atoms with Crippen molar-refractivity contribution in [2.75, 3.05) is 27.4 Å². The topological polar surface area (TPSA) is 91.3 Å². The summed E-state index contributed by atoms with van der Waals surface area (Å²) in [5.74, 6) is -0.815. The van der Waals surface area contributed by atoms with Crippen LogP contribution in [-0.2, 0) is 41.4 Å². The fourth-order valence-electron chi connectivity index (χ4n) is 3.70. The molecular weight excluding hydrogens is 645 g/mol. The van der Waals surface area contributed by atoms with Gasteiger partial charge in [0.2, 0.25) is 5.75 Å². The molecule has 0 saturated carbocycles. The molecule has 1 N–H and O–H groups in total. The van der Waals surface area contributed by atoms with E-state index >= 15 is 0 Å². The van der Waals surface area contributed by atoms with Gasteiger partial charge in [-0.15, -0.1) is 0 Å². The summed E-state index contributed by atoms with van der Waals surface area (Å²) in [6, 6.07) is 3.04. The molecule has 36 heavy (non-hydrogen) atoms. The Bertz CT molecular complexity index is 763. The molecule has 0 heterocycles. The molecule has 2 atom stereocenters. The standard InChI is InChI=1S/C28H44O7.Au/c1-7-11-13-20(9-3)18-34-27(30)23(28(31)35-19-21(10-4)14-12-8-2)15-22-16-24(32-5)26(29)25(17-22)33-6;/h15-17,20-21,29H,7-14,18-19H2,1-6H3;. The first kappa shape index (κ1) is 34.0. The van der Waals surface area contributed by atoms with Crippen molar-refractivity contribution in [1.82, 2.24) is 0 Å². The Balaban J connectivity index is 0.0000122. The molecule has 1 aromatic rings. The van der Waals surface area contributed by atoms with E-state index < -0.39 is 11.9 Å². The van der Waals surface area contributed by atoms with Crippen molar-refractivity contribution in [1.29, 1.82) is 0 Å². The molecule has 8 heteroatoms. The predicted octanol–water partition coefficient (Wildman–Crippen LogP) is 6.31. The SMILES string of the molecule is CCCCC(CC)COC(=O)C(=Cc1cc(OC)c(O)c(OC)c1)C(=O)OCC(CC)CCCC.[Au]. The Kier molecular flexibility index (Phi) is 18.1. The van der Waals surface area contributed by atoms with Crippen LogP contribution in [0.5, 0.6) is 17.2 Å². The smallest absolute Gasteiger partial charge is 0.345 e. The maximum atomic E-state index is 13.0. The molecule has 2 unspecified atom stereocenters. The van der Waals surface area contributed by atoms with Crippen LogP contribution in [0.25, 0.3) is 6.08 Å². The van der Waals surface area contributed by atoms with Crippen LogP contribution in [0, 0.1) is 11.8 Å². The van der Waals surface area contributed by atoms with Gasteiger partial charge >= 0.3 is 11.9 Å². The van der Waals surface area contributed by atoms with Gasteiger partial charge in [0.05, 0.1) is 27.4 Å². The zero-order valence-electron chi connectivity index (χ0n) is 22.7. The second kappa shape index (κ2) is 19.2. The number of phenolic OH excluding ortho intramolecular Hbond substituents is 1. The monoisotopic (exact) mass is 689 g/mol. The predicted molar refractivity (Wildman–Crippen MR) is 138 cm³/mol. The van der Waals surface area contributed by atoms with Crippen LogP contribution in [0.15, 0.2) is 17.7 Å². The van der Waals surface area contributed by atoms with Crippen LogP contribution in [0.3, 0.4) is 0 Å². The number of unbranched alkanes of at least 4 members (excludes halogenated alkanes) is 2. The number of carbonyl (C=O) groups excluding carboxylic acids is 2. The fourth-order valence-corrected chi connectivity index (χ4v) is 3.70. The van der Waals surface area contributed by atoms with E-state index in [1.165, 1.54) is 32.4 Å². The molecule has 0 bridgehead atoms. The Labute approximate surface area is 232 Å². The first-order valence-electron chi connectivity index (χ1n) is 12.9. The van der Waals surface area contributed by atoms with Gasteiger partial charge in [-0.25, -0.2) is 9.59 Å². The fraction of sp³-hybridized carbons (Fsp3) is 0.643. The number of hydrogen-bond acceptors (Lipinski definition) is 7. The first-order chi connectivity index (χ1) is 16.8. The van der Waals surface area contributed by atoms with Crippen molar-refractivity contribution >= 4 is 18.0 Å². The molecule has 209 valence electrons. The average Bonchev–Trinajstić information content (AvgIpc) is 2.87. The van der Waals surface area contributed by atoms with Crippen LogP contribution in [0.2, 0.25) is 0 Å². The van der Waals surface area contributed by atoms with Gasteiger partial charge in [0.25, 0.3) is 0 Å². The number of hydrogen-bond donors (Lipinski definition) is 1. The summed E-state index contributed by atoms with van der Waals surface area (Å²) < 4.78 is 21.5. The molecule has 0 aliphatic heterocycles. The molecule has 0 amide bonds. The van der Waals surface area contributed by atoms with E-state index in [-0.39, 0.29) is 70.3 Å². The minimum absolute atomic E-state index is 0. The van der Waals surface area contributed by atoms with Crippen LogP contribution in [0.1, 0.15) is 84.6 Å². The number of phenols is 1. The van der Waals surface area contributed by atoms with E-state index in [9.17, 15) is 14.7 Å². The van der Waals surface area contributed by atoms with E-state index in [1.807, 2.05) is 0 Å². The average molecular weight is 690 g/mol. The normalized spacial score (nSPS) is 12.1. The second-order valence-electron chi connectivity index (χ2n) is 8.86. The van der Waals surface area contributed by atoms with Crippen molar-refractivity contribution in [3.8, 4) is 17.2 Å². The number of carbonyl (C=O) groups is 2. The van der Waals surface area contributed by atoms with Crippen LogP contribution >= 0.6 is 0 Å². The van der Waals surface area contributed by atoms with Crippen LogP contribution in [-0.4, -0.2) is 44.5 Å². The maximum absolute atomic E-state index is 13.0. The molecule has 0 aromatic heterocycles. The van der Waals surface area contributed by atoms with Crippen molar-refractivity contribution in [2.24, 2.45) is 11.8 Å². The summed E-state index contributed by atoms with van der Waals surface area (Å²) in [5, 5.41) is 10.2. The zero-order chi connectivity index (χ0) is 26.2. The Morgan fingerprint density at radius 3 is 1.58 bits per heavy atom. The first-order valence-corrected chi connectivity index (χ1v) is 12.9. The molecule has 7 nitrogen and oxygen atoms in total. The third-order valence-electron chi connectivity index (χ3n) is 6.24. The van der Waals surface area contributed by atoms with Crippen molar-refractivity contribution in [3.05, 3.63) is 23.3 Å². The van der Waals surface area contributed by atoms with Crippen LogP contribution < -0.4 is 9.47 Å². The summed E-state index contributed by atoms with van der Waals surface area (Å²) in [7, 11) is 2.82. The molecule has 0 spiro atoms. The van der Waals surface area contributed by atoms with E-state index in [4.69, 9.17) is 18.9 Å². The second-order valence-corrected chi connectivity index (χ2v) is 8.86. The molecule has 1 rings (SSSR count). The van der Waals surface area contributed by atoms with Gasteiger partial charge in [0.15, 0.2) is 11.5 Å². The number of ether oxygens (including phenoxy) is 4. The Morgan fingerprint density at radius 1 is 0.833 bits per heavy atom. The number of benzene rings is 1. The van der Waals surface area contributed by atoms with Gasteiger partial charge in [-0.3, -0.25) is 0 Å². The number of esters is 2. The van der Waals surface area contributed by atoms with Gasteiger partial charge in [-0.1, -0.05) is 66.2 Å². The molecule has 0 saturated heterocycles. The third kappa shape index (κ3) is 11.4. The van der Waals surface area contributed by atoms with E-state index in [0.717, 1.165) is 51.4 Å². The van der Waals surface area contributed by atoms with Crippen molar-refractivity contribution in [2.45, 2.75) is 79.1 Å². The molecule has 0 fully saturated rings. The van der Waals surface area contributed by atoms with Gasteiger partial charge < -0.3 is 24.1 Å². The van der Waals surface area contributed by atoms with Crippen LogP contribution in [0.4, 0.5) is 0 Å². The Hall–Kier alpha value is -1.96. The number of rotatable bonds is 17. The number of aromatic hydroxyl groups is 1. The van der Waals surface area contributed by atoms with Crippen molar-refractivity contribution in [3.63, 3.8) is 0 Å². The van der Waals surface area contributed by atoms with Gasteiger partial charge in [-0.2, -0.15) is 0 Å². The maximum Gasteiger partial charge on any atom is 0.345 e. The zero-order valence-corrected chi connectivity index (χ0v) is 24.8. The van der Waals surface area contributed by atoms with Gasteiger partial charge in [-0.05, 0) is 48.4 Å². The van der Waals surface area contributed by atoms with Crippen molar-refractivity contribution < 1.29 is 56.0 Å². The molecule has 1 aromatic carbocycles. The summed E-state index contributed by atoms with van der Waals surface area (Å²) >= 11 is 0. The third-order valence-corrected chi connectivity index (χ3v) is 6.24.